The molecule has 81 heavy (non-hydrogen) atoms. The van der Waals surface area contributed by atoms with Gasteiger partial charge in [-0.3, -0.25) is 47.9 Å². The van der Waals surface area contributed by atoms with Crippen molar-refractivity contribution in [2.75, 3.05) is 67.1 Å². The van der Waals surface area contributed by atoms with Gasteiger partial charge in [0.2, 0.25) is 0 Å². The molecule has 19 heteroatoms. The van der Waals surface area contributed by atoms with Crippen LogP contribution in [0.25, 0.3) is 0 Å². The van der Waals surface area contributed by atoms with E-state index in [0.717, 1.165) is 64.2 Å². The van der Waals surface area contributed by atoms with Crippen molar-refractivity contribution in [2.45, 2.75) is 268 Å². The number of carbonyl (C=O) groups excluding carboxylic acids is 12. The Morgan fingerprint density at radius 3 is 0.605 bits per heavy atom. The van der Waals surface area contributed by atoms with Gasteiger partial charge in [-0.15, -0.1) is 0 Å². The van der Waals surface area contributed by atoms with Gasteiger partial charge in [0.1, 0.15) is 47.1 Å². The fraction of sp³-hybridized carbons (Fsp3) is 0.806. The van der Waals surface area contributed by atoms with Gasteiger partial charge in [0.25, 0.3) is 0 Å². The predicted octanol–water partition coefficient (Wildman–Crippen LogP) is 13.3. The number of Topliss-reactive ketones (excluding diaryl/α,β-unsaturated/α-hetero) is 8. The van der Waals surface area contributed by atoms with E-state index in [0.29, 0.717) is 115 Å². The molecule has 486 valence electrons. The molecule has 0 saturated heterocycles. The van der Waals surface area contributed by atoms with Crippen LogP contribution < -0.4 is 0 Å². The van der Waals surface area contributed by atoms with E-state index in [9.17, 15) is 57.5 Å². The molecule has 0 atom stereocenters. The molecule has 0 aliphatic carbocycles. The highest BCUT2D eigenvalue weighted by Gasteiger charge is 1.95. The molecule has 0 aromatic rings. The lowest BCUT2D eigenvalue weighted by Gasteiger charge is -1.93. The molecule has 0 bridgehead atoms. The van der Waals surface area contributed by atoms with Crippen LogP contribution >= 0.6 is 0 Å². The van der Waals surface area contributed by atoms with Gasteiger partial charge in [0.15, 0.2) is 5.78 Å². The summed E-state index contributed by atoms with van der Waals surface area (Å²) in [7, 11) is 3.17. The number of rotatable bonds is 29. The monoisotopic (exact) mass is 1170 g/mol. The van der Waals surface area contributed by atoms with Crippen molar-refractivity contribution in [3.63, 3.8) is 0 Å². The van der Waals surface area contributed by atoms with Crippen LogP contribution in [0.3, 0.4) is 0 Å². The molecule has 0 amide bonds. The van der Waals surface area contributed by atoms with E-state index in [1.807, 2.05) is 76.2 Å². The second-order valence-corrected chi connectivity index (χ2v) is 16.7. The van der Waals surface area contributed by atoms with Gasteiger partial charge in [-0.05, 0) is 93.9 Å². The highest BCUT2D eigenvalue weighted by Crippen LogP contribution is 1.92. The zero-order chi connectivity index (χ0) is 66.3. The molecular weight excluding hydrogens is 1050 g/mol. The Labute approximate surface area is 494 Å². The molecule has 0 aliphatic rings. The molecule has 0 aliphatic heterocycles. The van der Waals surface area contributed by atoms with Crippen molar-refractivity contribution in [1.29, 1.82) is 0 Å². The normalized spacial score (nSPS) is 8.54. The molecule has 0 aromatic heterocycles. The summed E-state index contributed by atoms with van der Waals surface area (Å²) < 4.78 is 32.2. The van der Waals surface area contributed by atoms with Gasteiger partial charge in [0.05, 0.1) is 39.6 Å². The summed E-state index contributed by atoms with van der Waals surface area (Å²) in [6.07, 6.45) is 13.6. The Bertz CT molecular complexity index is 1230. The summed E-state index contributed by atoms with van der Waals surface area (Å²) in [6.45, 7) is 43.3. The lowest BCUT2D eigenvalue weighted by Crippen LogP contribution is -2.02. The minimum absolute atomic E-state index is 0.0850. The Morgan fingerprint density at radius 1 is 0.272 bits per heavy atom. The Hall–Kier alpha value is -4.88. The average molecular weight is 1170 g/mol. The summed E-state index contributed by atoms with van der Waals surface area (Å²) in [5.41, 5.74) is 0. The first-order chi connectivity index (χ1) is 37.9. The van der Waals surface area contributed by atoms with Crippen molar-refractivity contribution in [3.05, 3.63) is 0 Å². The fourth-order valence-corrected chi connectivity index (χ4v) is 3.62. The first kappa shape index (κ1) is 104. The summed E-state index contributed by atoms with van der Waals surface area (Å²) in [4.78, 5) is 122. The standard InChI is InChI=1S/2C6H12O.7C5H10O2.3C5H10O/c2*1-3-5-6(7)4-2;2*1-5(6)3-4-7-2;1-3-7-4-5(2)6;2*1-3-4-7-5(2)6;2*1-3-5(6)7-4-2;2*1-3-4-5(2)6;1-3-5(6)4-2/h2*3-5H2,1-2H3;7*3-4H2,1-2H3;3*3-4H2,1-2H3. The van der Waals surface area contributed by atoms with Gasteiger partial charge >= 0.3 is 23.9 Å². The Kier molecular flexibility index (Phi) is 129. The van der Waals surface area contributed by atoms with E-state index in [-0.39, 0.29) is 59.4 Å². The fourth-order valence-electron chi connectivity index (χ4n) is 3.62. The number of hydrogen-bond donors (Lipinski definition) is 0. The van der Waals surface area contributed by atoms with E-state index in [2.05, 4.69) is 28.4 Å². The molecule has 19 nitrogen and oxygen atoms in total. The van der Waals surface area contributed by atoms with Crippen molar-refractivity contribution >= 4 is 70.1 Å². The quantitative estimate of drug-likeness (QED) is 0.0497. The first-order valence-corrected chi connectivity index (χ1v) is 29.1. The molecular formula is C62H124O19. The van der Waals surface area contributed by atoms with Gasteiger partial charge in [-0.25, -0.2) is 0 Å². The number of ether oxygens (including phenoxy) is 7. The maximum absolute atomic E-state index is 10.4. The number of carbonyl (C=O) groups is 12. The van der Waals surface area contributed by atoms with Crippen molar-refractivity contribution in [2.24, 2.45) is 0 Å². The summed E-state index contributed by atoms with van der Waals surface area (Å²) in [5, 5.41) is 0. The topological polar surface area (TPSA) is 269 Å². The molecule has 0 N–H and O–H groups in total. The van der Waals surface area contributed by atoms with E-state index in [1.54, 1.807) is 69.6 Å². The molecule has 0 heterocycles. The van der Waals surface area contributed by atoms with Crippen LogP contribution in [0.1, 0.15) is 268 Å². The molecule has 0 saturated carbocycles. The predicted molar refractivity (Wildman–Crippen MR) is 326 cm³/mol. The lowest BCUT2D eigenvalue weighted by molar-refractivity contribution is -0.143. The van der Waals surface area contributed by atoms with Crippen LogP contribution in [0.2, 0.25) is 0 Å². The van der Waals surface area contributed by atoms with E-state index in [1.165, 1.54) is 20.8 Å². The van der Waals surface area contributed by atoms with Crippen LogP contribution in [0.5, 0.6) is 0 Å². The molecule has 0 fully saturated rings. The van der Waals surface area contributed by atoms with Crippen LogP contribution in [-0.2, 0) is 90.7 Å². The van der Waals surface area contributed by atoms with Crippen molar-refractivity contribution < 1.29 is 90.7 Å². The van der Waals surface area contributed by atoms with Crippen LogP contribution in [0.4, 0.5) is 0 Å². The molecule has 0 unspecified atom stereocenters. The van der Waals surface area contributed by atoms with Crippen LogP contribution in [0.15, 0.2) is 0 Å². The smallest absolute Gasteiger partial charge is 0.305 e. The van der Waals surface area contributed by atoms with E-state index in [4.69, 9.17) is 4.74 Å². The third-order valence-electron chi connectivity index (χ3n) is 7.87. The van der Waals surface area contributed by atoms with Crippen LogP contribution in [-0.4, -0.2) is 137 Å². The van der Waals surface area contributed by atoms with Gasteiger partial charge in [-0.2, -0.15) is 0 Å². The summed E-state index contributed by atoms with van der Waals surface area (Å²) in [6, 6.07) is 0. The zero-order valence-corrected chi connectivity index (χ0v) is 56.1. The maximum atomic E-state index is 10.4. The number of ketones is 8. The third-order valence-corrected chi connectivity index (χ3v) is 7.87. The maximum Gasteiger partial charge on any atom is 0.305 e. The second-order valence-electron chi connectivity index (χ2n) is 16.7. The highest BCUT2D eigenvalue weighted by atomic mass is 16.5. The van der Waals surface area contributed by atoms with Crippen molar-refractivity contribution in [1.82, 2.24) is 0 Å². The van der Waals surface area contributed by atoms with E-state index < -0.39 is 0 Å². The third kappa shape index (κ3) is 197. The lowest BCUT2D eigenvalue weighted by atomic mass is 10.2. The van der Waals surface area contributed by atoms with Gasteiger partial charge < -0.3 is 42.7 Å². The second kappa shape index (κ2) is 100. The van der Waals surface area contributed by atoms with Gasteiger partial charge in [-0.1, -0.05) is 83.1 Å². The minimum Gasteiger partial charge on any atom is -0.466 e. The average Bonchev–Trinajstić information content (AvgIpc) is 3.41. The highest BCUT2D eigenvalue weighted by molar-refractivity contribution is 5.79. The number of hydrogen-bond acceptors (Lipinski definition) is 19. The van der Waals surface area contributed by atoms with E-state index >= 15 is 0 Å². The Balaban J connectivity index is -0.0000000642. The first-order valence-electron chi connectivity index (χ1n) is 29.1. The summed E-state index contributed by atoms with van der Waals surface area (Å²) in [5.74, 6) is 1.49. The van der Waals surface area contributed by atoms with Crippen molar-refractivity contribution in [3.8, 4) is 0 Å². The largest absolute Gasteiger partial charge is 0.466 e. The SMILES string of the molecule is CCC(=O)CC.CCCC(=O)CC.CCCC(=O)CC.CCCC(C)=O.CCCC(C)=O.CCCOC(C)=O.CCCOC(C)=O.CCOC(=O)CC.CCOC(=O)CC.CCOCC(C)=O.COCCC(C)=O.COCCC(C)=O. The number of methoxy groups -OCH3 is 2. The molecule has 0 spiro atoms. The zero-order valence-electron chi connectivity index (χ0n) is 56.1. The van der Waals surface area contributed by atoms with Crippen LogP contribution in [0, 0.1) is 0 Å². The number of esters is 4. The Morgan fingerprint density at radius 2 is 0.543 bits per heavy atom. The molecule has 0 rings (SSSR count). The van der Waals surface area contributed by atoms with Gasteiger partial charge in [0, 0.05) is 112 Å². The molecule has 0 aromatic carbocycles. The minimum atomic E-state index is -0.193. The molecule has 0 radical (unpaired) electrons. The summed E-state index contributed by atoms with van der Waals surface area (Å²) >= 11 is 0.